The van der Waals surface area contributed by atoms with Gasteiger partial charge >= 0.3 is 6.18 Å². The van der Waals surface area contributed by atoms with Crippen LogP contribution in [-0.2, 0) is 6.18 Å². The molecule has 0 amide bonds. The van der Waals surface area contributed by atoms with Gasteiger partial charge in [-0.05, 0) is 23.6 Å². The summed E-state index contributed by atoms with van der Waals surface area (Å²) in [5.74, 6) is -1.36. The predicted molar refractivity (Wildman–Crippen MR) is 65.1 cm³/mol. The Kier molecular flexibility index (Phi) is 3.34. The van der Waals surface area contributed by atoms with Crippen LogP contribution in [0, 0.1) is 10.5 Å². The minimum Gasteiger partial charge on any atom is -0.333 e. The van der Waals surface area contributed by atoms with Crippen molar-refractivity contribution in [3.63, 3.8) is 0 Å². The maximum atomic E-state index is 13.4. The van der Waals surface area contributed by atoms with Crippen LogP contribution in [-0.4, -0.2) is 9.97 Å². The van der Waals surface area contributed by atoms with Gasteiger partial charge in [-0.2, -0.15) is 13.2 Å². The molecule has 7 heteroatoms. The molecule has 1 N–H and O–H groups in total. The summed E-state index contributed by atoms with van der Waals surface area (Å²) in [5.41, 5.74) is -0.475. The lowest BCUT2D eigenvalue weighted by atomic mass is 10.0. The Morgan fingerprint density at radius 2 is 1.89 bits per heavy atom. The van der Waals surface area contributed by atoms with E-state index in [-0.39, 0.29) is 21.9 Å². The number of H-pyrrole nitrogens is 1. The van der Waals surface area contributed by atoms with Gasteiger partial charge in [-0.1, -0.05) is 26.1 Å². The van der Waals surface area contributed by atoms with Crippen molar-refractivity contribution >= 4 is 12.2 Å². The third-order valence-electron chi connectivity index (χ3n) is 2.71. The van der Waals surface area contributed by atoms with Crippen LogP contribution in [0.4, 0.5) is 17.6 Å². The number of halogens is 4. The lowest BCUT2D eigenvalue weighted by Gasteiger charge is -2.14. The van der Waals surface area contributed by atoms with Crippen molar-refractivity contribution in [3.05, 3.63) is 33.8 Å². The zero-order chi connectivity index (χ0) is 14.4. The molecule has 0 radical (unpaired) electrons. The van der Waals surface area contributed by atoms with Gasteiger partial charge < -0.3 is 4.98 Å². The summed E-state index contributed by atoms with van der Waals surface area (Å²) in [6.07, 6.45) is -4.79. The third kappa shape index (κ3) is 2.60. The van der Waals surface area contributed by atoms with E-state index in [2.05, 4.69) is 4.98 Å². The number of alkyl halides is 3. The monoisotopic (exact) mass is 290 g/mol. The average molecular weight is 290 g/mol. The Hall–Kier alpha value is -1.50. The minimum absolute atomic E-state index is 0.0646. The summed E-state index contributed by atoms with van der Waals surface area (Å²) in [4.78, 5) is 5.87. The topological polar surface area (TPSA) is 28.7 Å². The normalized spacial score (nSPS) is 12.4. The molecule has 0 aromatic carbocycles. The van der Waals surface area contributed by atoms with Crippen molar-refractivity contribution in [1.82, 2.24) is 9.97 Å². The molecule has 0 saturated carbocycles. The van der Waals surface area contributed by atoms with Gasteiger partial charge in [0.15, 0.2) is 11.5 Å². The molecule has 0 bridgehead atoms. The summed E-state index contributed by atoms with van der Waals surface area (Å²) < 4.78 is 51.3. The van der Waals surface area contributed by atoms with Gasteiger partial charge in [-0.15, -0.1) is 0 Å². The van der Waals surface area contributed by atoms with Crippen LogP contribution in [0.1, 0.15) is 31.0 Å². The quantitative estimate of drug-likeness (QED) is 0.617. The fourth-order valence-electron chi connectivity index (χ4n) is 1.75. The average Bonchev–Trinajstić information content (AvgIpc) is 2.26. The molecule has 102 valence electrons. The fourth-order valence-corrected chi connectivity index (χ4v) is 2.13. The molecule has 2 aliphatic rings. The molecule has 2 nitrogen and oxygen atoms in total. The Balaban J connectivity index is 2.74. The number of pyridine rings is 2. The zero-order valence-corrected chi connectivity index (χ0v) is 10.9. The van der Waals surface area contributed by atoms with E-state index < -0.39 is 17.7 Å². The summed E-state index contributed by atoms with van der Waals surface area (Å²) in [6.45, 7) is 3.76. The Morgan fingerprint density at radius 1 is 1.26 bits per heavy atom. The zero-order valence-electron chi connectivity index (χ0n) is 10.1. The van der Waals surface area contributed by atoms with E-state index in [0.717, 1.165) is 6.07 Å². The molecule has 0 aromatic heterocycles. The minimum atomic E-state index is -4.79. The van der Waals surface area contributed by atoms with Gasteiger partial charge in [0, 0.05) is 5.56 Å². The predicted octanol–water partition coefficient (Wildman–Crippen LogP) is 4.53. The second kappa shape index (κ2) is 4.56. The first-order valence-electron chi connectivity index (χ1n) is 5.51. The number of hydrogen-bond acceptors (Lipinski definition) is 2. The first kappa shape index (κ1) is 13.9. The number of aromatic nitrogens is 2. The van der Waals surface area contributed by atoms with Gasteiger partial charge in [-0.25, -0.2) is 9.37 Å². The Labute approximate surface area is 111 Å². The smallest absolute Gasteiger partial charge is 0.333 e. The number of hydrogen-bond donors (Lipinski definition) is 1. The van der Waals surface area contributed by atoms with Crippen LogP contribution in [0.2, 0.25) is 0 Å². The third-order valence-corrected chi connectivity index (χ3v) is 3.04. The van der Waals surface area contributed by atoms with Crippen molar-refractivity contribution in [2.24, 2.45) is 0 Å². The summed E-state index contributed by atoms with van der Waals surface area (Å²) in [7, 11) is 0. The standard InChI is InChI=1S/C12H10F4N2S/c1-5(2)7-3-6-4-8(13)9(12(14,15)16)17-10(6)18-11(7)19/h3-5H,1-2H3,(H,17,18,19). The first-order valence-corrected chi connectivity index (χ1v) is 5.91. The molecule has 0 saturated heterocycles. The van der Waals surface area contributed by atoms with Crippen LogP contribution in [0.3, 0.4) is 0 Å². The van der Waals surface area contributed by atoms with Crippen molar-refractivity contribution < 1.29 is 17.6 Å². The molecule has 0 aromatic rings. The van der Waals surface area contributed by atoms with Gasteiger partial charge in [-0.3, -0.25) is 0 Å². The highest BCUT2D eigenvalue weighted by Crippen LogP contribution is 2.33. The molecule has 2 aliphatic heterocycles. The molecule has 0 aliphatic carbocycles. The molecule has 0 fully saturated rings. The van der Waals surface area contributed by atoms with Crippen LogP contribution in [0.15, 0.2) is 12.1 Å². The first-order chi connectivity index (χ1) is 8.70. The van der Waals surface area contributed by atoms with Gasteiger partial charge in [0.2, 0.25) is 0 Å². The summed E-state index contributed by atoms with van der Waals surface area (Å²) in [5, 5.41) is 0. The molecule has 2 rings (SSSR count). The Bertz CT molecular complexity index is 645. The van der Waals surface area contributed by atoms with Crippen molar-refractivity contribution in [2.75, 3.05) is 0 Å². The number of nitrogens with zero attached hydrogens (tertiary/aromatic N) is 1. The summed E-state index contributed by atoms with van der Waals surface area (Å²) in [6, 6.07) is 2.39. The maximum Gasteiger partial charge on any atom is 0.434 e. The highest BCUT2D eigenvalue weighted by molar-refractivity contribution is 7.71. The second-order valence-corrected chi connectivity index (χ2v) is 4.85. The van der Waals surface area contributed by atoms with Crippen molar-refractivity contribution in [3.8, 4) is 11.4 Å². The number of rotatable bonds is 1. The second-order valence-electron chi connectivity index (χ2n) is 4.47. The molecule has 0 spiro atoms. The number of nitrogens with one attached hydrogen (secondary N) is 1. The van der Waals surface area contributed by atoms with E-state index in [9.17, 15) is 17.6 Å². The number of aromatic amines is 1. The van der Waals surface area contributed by atoms with Crippen molar-refractivity contribution in [1.29, 1.82) is 0 Å². The number of fused-ring (bicyclic) bond motifs is 1. The van der Waals surface area contributed by atoms with Crippen LogP contribution >= 0.6 is 12.2 Å². The Morgan fingerprint density at radius 3 is 2.42 bits per heavy atom. The van der Waals surface area contributed by atoms with Crippen molar-refractivity contribution in [2.45, 2.75) is 25.9 Å². The van der Waals surface area contributed by atoms with E-state index in [0.29, 0.717) is 5.56 Å². The van der Waals surface area contributed by atoms with Crippen LogP contribution in [0.5, 0.6) is 0 Å². The van der Waals surface area contributed by atoms with Crippen LogP contribution in [0.25, 0.3) is 11.4 Å². The van der Waals surface area contributed by atoms with E-state index >= 15 is 0 Å². The van der Waals surface area contributed by atoms with Gasteiger partial charge in [0.25, 0.3) is 0 Å². The largest absolute Gasteiger partial charge is 0.434 e. The van der Waals surface area contributed by atoms with Gasteiger partial charge in [0.05, 0.1) is 0 Å². The highest BCUT2D eigenvalue weighted by atomic mass is 32.1. The van der Waals surface area contributed by atoms with Gasteiger partial charge in [0.1, 0.15) is 10.5 Å². The molecular weight excluding hydrogens is 280 g/mol. The van der Waals surface area contributed by atoms with E-state index in [4.69, 9.17) is 12.2 Å². The molecule has 2 heterocycles. The summed E-state index contributed by atoms with van der Waals surface area (Å²) >= 11 is 5.02. The lowest BCUT2D eigenvalue weighted by molar-refractivity contribution is -0.143. The van der Waals surface area contributed by atoms with E-state index in [1.807, 2.05) is 18.8 Å². The fraction of sp³-hybridized carbons (Fsp3) is 0.333. The maximum absolute atomic E-state index is 13.4. The highest BCUT2D eigenvalue weighted by Gasteiger charge is 2.36. The SMILES string of the molecule is CC(C)c1cc2cc(F)c(C(F)(F)F)[nH]c-2nc1=S. The molecular formula is C12H10F4N2S. The van der Waals surface area contributed by atoms with Crippen LogP contribution < -0.4 is 0 Å². The van der Waals surface area contributed by atoms with E-state index in [1.165, 1.54) is 0 Å². The molecule has 0 unspecified atom stereocenters. The lowest BCUT2D eigenvalue weighted by Crippen LogP contribution is -2.13. The van der Waals surface area contributed by atoms with E-state index in [1.54, 1.807) is 6.07 Å². The molecule has 0 atom stereocenters. The molecule has 19 heavy (non-hydrogen) atoms.